The number of nitrogens with zero attached hydrogens (tertiary/aromatic N) is 1. The van der Waals surface area contributed by atoms with E-state index in [0.717, 1.165) is 5.69 Å². The third-order valence-corrected chi connectivity index (χ3v) is 4.36. The number of carbonyl (C=O) groups is 1. The average Bonchev–Trinajstić information content (AvgIpc) is 2.38. The number of urea groups is 1. The second-order valence-electron chi connectivity index (χ2n) is 6.83. The Balaban J connectivity index is 1.94. The number of rotatable bonds is 2. The minimum atomic E-state index is -0.0572. The van der Waals surface area contributed by atoms with Crippen molar-refractivity contribution in [2.75, 3.05) is 18.4 Å². The molecule has 0 saturated carbocycles. The first-order chi connectivity index (χ1) is 10.2. The van der Waals surface area contributed by atoms with Gasteiger partial charge in [-0.05, 0) is 38.1 Å². The summed E-state index contributed by atoms with van der Waals surface area (Å²) in [4.78, 5) is 15.4. The van der Waals surface area contributed by atoms with Crippen LogP contribution in [0.3, 0.4) is 0 Å². The molecule has 0 aliphatic carbocycles. The molecule has 0 bridgehead atoms. The van der Waals surface area contributed by atoms with E-state index in [9.17, 15) is 4.79 Å². The smallest absolute Gasteiger partial charge is 0.322 e. The molecule has 122 valence electrons. The van der Waals surface area contributed by atoms with Gasteiger partial charge in [-0.15, -0.1) is 11.8 Å². The fourth-order valence-electron chi connectivity index (χ4n) is 2.51. The van der Waals surface area contributed by atoms with E-state index >= 15 is 0 Å². The van der Waals surface area contributed by atoms with Crippen LogP contribution in [-0.2, 0) is 4.74 Å². The van der Waals surface area contributed by atoms with Crippen LogP contribution in [0.4, 0.5) is 10.5 Å². The summed E-state index contributed by atoms with van der Waals surface area (Å²) in [6, 6.07) is 7.96. The average molecular weight is 322 g/mol. The molecule has 1 saturated heterocycles. The van der Waals surface area contributed by atoms with Crippen LogP contribution in [0.2, 0.25) is 0 Å². The molecule has 1 aromatic carbocycles. The monoisotopic (exact) mass is 322 g/mol. The Bertz CT molecular complexity index is 500. The van der Waals surface area contributed by atoms with Crippen molar-refractivity contribution in [1.82, 2.24) is 4.90 Å². The lowest BCUT2D eigenvalue weighted by Crippen LogP contribution is -2.49. The highest BCUT2D eigenvalue weighted by Gasteiger charge is 2.25. The highest BCUT2D eigenvalue weighted by molar-refractivity contribution is 8.00. The number of nitrogens with one attached hydrogen (secondary N) is 1. The SMILES string of the molecule is CC1CN(C(=O)Nc2ccc(SC(C)(C)C)cc2)CC(C)O1. The van der Waals surface area contributed by atoms with Crippen LogP contribution >= 0.6 is 11.8 Å². The molecule has 5 heteroatoms. The standard InChI is InChI=1S/C17H26N2O2S/c1-12-10-19(11-13(2)21-12)16(20)18-14-6-8-15(9-7-14)22-17(3,4)5/h6-9,12-13H,10-11H2,1-5H3,(H,18,20). The quantitative estimate of drug-likeness (QED) is 0.829. The van der Waals surface area contributed by atoms with Crippen molar-refractivity contribution >= 4 is 23.5 Å². The lowest BCUT2D eigenvalue weighted by molar-refractivity contribution is -0.0530. The second-order valence-corrected chi connectivity index (χ2v) is 8.73. The molecule has 1 aromatic rings. The first kappa shape index (κ1) is 17.2. The number of ether oxygens (including phenoxy) is 1. The Morgan fingerprint density at radius 2 is 1.73 bits per heavy atom. The van der Waals surface area contributed by atoms with Gasteiger partial charge in [0.15, 0.2) is 0 Å². The van der Waals surface area contributed by atoms with Crippen LogP contribution in [0, 0.1) is 0 Å². The zero-order valence-electron chi connectivity index (χ0n) is 14.1. The van der Waals surface area contributed by atoms with E-state index in [1.807, 2.05) is 42.6 Å². The van der Waals surface area contributed by atoms with Crippen LogP contribution < -0.4 is 5.32 Å². The number of benzene rings is 1. The molecule has 1 fully saturated rings. The molecular weight excluding hydrogens is 296 g/mol. The van der Waals surface area contributed by atoms with E-state index in [1.165, 1.54) is 4.90 Å². The molecular formula is C17H26N2O2S. The minimum absolute atomic E-state index is 0.0572. The summed E-state index contributed by atoms with van der Waals surface area (Å²) in [5.41, 5.74) is 0.829. The molecule has 0 aromatic heterocycles. The third kappa shape index (κ3) is 5.21. The van der Waals surface area contributed by atoms with E-state index in [2.05, 4.69) is 38.2 Å². The van der Waals surface area contributed by atoms with E-state index in [0.29, 0.717) is 13.1 Å². The fourth-order valence-corrected chi connectivity index (χ4v) is 3.49. The van der Waals surface area contributed by atoms with Gasteiger partial charge in [-0.25, -0.2) is 4.79 Å². The number of amides is 2. The van der Waals surface area contributed by atoms with Crippen molar-refractivity contribution in [3.8, 4) is 0 Å². The first-order valence-electron chi connectivity index (χ1n) is 7.73. The number of hydrogen-bond acceptors (Lipinski definition) is 3. The summed E-state index contributed by atoms with van der Waals surface area (Å²) in [5, 5.41) is 2.96. The number of morpholine rings is 1. The van der Waals surface area contributed by atoms with Crippen LogP contribution in [0.15, 0.2) is 29.2 Å². The summed E-state index contributed by atoms with van der Waals surface area (Å²) >= 11 is 1.82. The van der Waals surface area contributed by atoms with Crippen molar-refractivity contribution in [2.45, 2.75) is 56.5 Å². The number of anilines is 1. The normalized spacial score (nSPS) is 22.5. The Kier molecular flexibility index (Phi) is 5.40. The van der Waals surface area contributed by atoms with Gasteiger partial charge >= 0.3 is 6.03 Å². The Morgan fingerprint density at radius 1 is 1.18 bits per heavy atom. The number of hydrogen-bond donors (Lipinski definition) is 1. The summed E-state index contributed by atoms with van der Waals surface area (Å²) in [6.45, 7) is 11.8. The summed E-state index contributed by atoms with van der Waals surface area (Å²) in [6.07, 6.45) is 0.167. The zero-order chi connectivity index (χ0) is 16.3. The molecule has 1 N–H and O–H groups in total. The van der Waals surface area contributed by atoms with E-state index < -0.39 is 0 Å². The summed E-state index contributed by atoms with van der Waals surface area (Å²) in [7, 11) is 0. The lowest BCUT2D eigenvalue weighted by Gasteiger charge is -2.35. The Morgan fingerprint density at radius 3 is 2.23 bits per heavy atom. The number of carbonyl (C=O) groups excluding carboxylic acids is 1. The maximum Gasteiger partial charge on any atom is 0.322 e. The van der Waals surface area contributed by atoms with Crippen molar-refractivity contribution in [1.29, 1.82) is 0 Å². The van der Waals surface area contributed by atoms with Gasteiger partial charge in [0, 0.05) is 28.4 Å². The van der Waals surface area contributed by atoms with Gasteiger partial charge in [0.2, 0.25) is 0 Å². The predicted octanol–water partition coefficient (Wildman–Crippen LogP) is 4.22. The van der Waals surface area contributed by atoms with E-state index in [1.54, 1.807) is 0 Å². The van der Waals surface area contributed by atoms with Crippen molar-refractivity contribution in [3.63, 3.8) is 0 Å². The molecule has 2 amide bonds. The molecule has 0 spiro atoms. The fraction of sp³-hybridized carbons (Fsp3) is 0.588. The van der Waals surface area contributed by atoms with Crippen LogP contribution in [0.1, 0.15) is 34.6 Å². The van der Waals surface area contributed by atoms with Gasteiger partial charge in [0.25, 0.3) is 0 Å². The van der Waals surface area contributed by atoms with Gasteiger partial charge in [0.05, 0.1) is 12.2 Å². The van der Waals surface area contributed by atoms with Gasteiger partial charge in [0.1, 0.15) is 0 Å². The van der Waals surface area contributed by atoms with Gasteiger partial charge < -0.3 is 15.0 Å². The van der Waals surface area contributed by atoms with Gasteiger partial charge in [-0.2, -0.15) is 0 Å². The zero-order valence-corrected chi connectivity index (χ0v) is 14.9. The molecule has 0 radical (unpaired) electrons. The van der Waals surface area contributed by atoms with Crippen LogP contribution in [-0.4, -0.2) is 41.0 Å². The minimum Gasteiger partial charge on any atom is -0.372 e. The molecule has 2 rings (SSSR count). The van der Waals surface area contributed by atoms with E-state index in [4.69, 9.17) is 4.74 Å². The molecule has 1 aliphatic heterocycles. The Hall–Kier alpha value is -1.20. The van der Waals surface area contributed by atoms with Crippen LogP contribution in [0.5, 0.6) is 0 Å². The molecule has 4 nitrogen and oxygen atoms in total. The summed E-state index contributed by atoms with van der Waals surface area (Å²) < 4.78 is 5.84. The van der Waals surface area contributed by atoms with E-state index in [-0.39, 0.29) is 23.0 Å². The van der Waals surface area contributed by atoms with Crippen molar-refractivity contribution < 1.29 is 9.53 Å². The topological polar surface area (TPSA) is 41.6 Å². The first-order valence-corrected chi connectivity index (χ1v) is 8.55. The molecule has 1 aliphatic rings. The highest BCUT2D eigenvalue weighted by Crippen LogP contribution is 2.32. The maximum atomic E-state index is 12.3. The third-order valence-electron chi connectivity index (χ3n) is 3.24. The van der Waals surface area contributed by atoms with Crippen molar-refractivity contribution in [3.05, 3.63) is 24.3 Å². The highest BCUT2D eigenvalue weighted by atomic mass is 32.2. The number of thioether (sulfide) groups is 1. The van der Waals surface area contributed by atoms with Crippen LogP contribution in [0.25, 0.3) is 0 Å². The molecule has 1 heterocycles. The van der Waals surface area contributed by atoms with Gasteiger partial charge in [-0.3, -0.25) is 0 Å². The molecule has 2 unspecified atom stereocenters. The van der Waals surface area contributed by atoms with Gasteiger partial charge in [-0.1, -0.05) is 20.8 Å². The maximum absolute atomic E-state index is 12.3. The second kappa shape index (κ2) is 6.92. The molecule has 2 atom stereocenters. The van der Waals surface area contributed by atoms with Crippen molar-refractivity contribution in [2.24, 2.45) is 0 Å². The summed E-state index contributed by atoms with van der Waals surface area (Å²) in [5.74, 6) is 0. The largest absolute Gasteiger partial charge is 0.372 e. The Labute approximate surface area is 137 Å². The predicted molar refractivity (Wildman–Crippen MR) is 92.7 cm³/mol. The molecule has 22 heavy (non-hydrogen) atoms. The lowest BCUT2D eigenvalue weighted by atomic mass is 10.2.